The highest BCUT2D eigenvalue weighted by Gasteiger charge is 2.36. The van der Waals surface area contributed by atoms with E-state index in [9.17, 15) is 4.39 Å². The van der Waals surface area contributed by atoms with Gasteiger partial charge >= 0.3 is 0 Å². The predicted octanol–water partition coefficient (Wildman–Crippen LogP) is 2.23. The Kier molecular flexibility index (Phi) is 2.98. The molecule has 18 heavy (non-hydrogen) atoms. The average Bonchev–Trinajstić information content (AvgIpc) is 2.76. The summed E-state index contributed by atoms with van der Waals surface area (Å²) in [5.41, 5.74) is 1.85. The van der Waals surface area contributed by atoms with Crippen molar-refractivity contribution in [2.24, 2.45) is 0 Å². The summed E-state index contributed by atoms with van der Waals surface area (Å²) in [4.78, 5) is 6.95. The maximum atomic E-state index is 13.8. The second-order valence-electron chi connectivity index (χ2n) is 5.37. The summed E-state index contributed by atoms with van der Waals surface area (Å²) in [5.74, 6) is 1.02. The minimum absolute atomic E-state index is 0.437. The van der Waals surface area contributed by atoms with E-state index >= 15 is 0 Å². The largest absolute Gasteiger partial charge is 0.348 e. The molecular weight excluding hydrogens is 229 g/mol. The van der Waals surface area contributed by atoms with Crippen LogP contribution in [0.2, 0.25) is 0 Å². The lowest BCUT2D eigenvalue weighted by atomic mass is 10.1. The van der Waals surface area contributed by atoms with Gasteiger partial charge in [-0.1, -0.05) is 13.0 Å². The van der Waals surface area contributed by atoms with Crippen molar-refractivity contribution in [3.63, 3.8) is 0 Å². The van der Waals surface area contributed by atoms with Gasteiger partial charge in [-0.05, 0) is 31.4 Å². The van der Waals surface area contributed by atoms with Crippen LogP contribution in [0.5, 0.6) is 0 Å². The van der Waals surface area contributed by atoms with Gasteiger partial charge in [0.15, 0.2) is 0 Å². The van der Waals surface area contributed by atoms with Gasteiger partial charge in [-0.15, -0.1) is 0 Å². The maximum Gasteiger partial charge on any atom is 0.142 e. The minimum Gasteiger partial charge on any atom is -0.348 e. The van der Waals surface area contributed by atoms with Crippen molar-refractivity contribution in [2.45, 2.75) is 44.9 Å². The number of fused-ring (bicyclic) bond motifs is 3. The third-order valence-electron chi connectivity index (χ3n) is 4.04. The van der Waals surface area contributed by atoms with E-state index in [4.69, 9.17) is 0 Å². The second-order valence-corrected chi connectivity index (χ2v) is 5.37. The SMILES string of the molecule is CC[C@@H](F)c1ccc2c(n1)N1[C@@H](CNC[C@H]1C)C2. The molecule has 0 aliphatic carbocycles. The monoisotopic (exact) mass is 249 g/mol. The molecule has 0 bridgehead atoms. The van der Waals surface area contributed by atoms with Gasteiger partial charge in [0.2, 0.25) is 0 Å². The summed E-state index contributed by atoms with van der Waals surface area (Å²) in [6.45, 7) is 6.04. The molecule has 0 amide bonds. The predicted molar refractivity (Wildman–Crippen MR) is 70.7 cm³/mol. The third kappa shape index (κ3) is 1.79. The number of rotatable bonds is 2. The number of piperazine rings is 1. The Morgan fingerprint density at radius 1 is 1.50 bits per heavy atom. The molecule has 0 aromatic carbocycles. The fourth-order valence-corrected chi connectivity index (χ4v) is 3.08. The molecule has 2 aliphatic rings. The highest BCUT2D eigenvalue weighted by atomic mass is 19.1. The van der Waals surface area contributed by atoms with Crippen molar-refractivity contribution in [3.8, 4) is 0 Å². The number of anilines is 1. The summed E-state index contributed by atoms with van der Waals surface area (Å²) in [6.07, 6.45) is 0.586. The summed E-state index contributed by atoms with van der Waals surface area (Å²) >= 11 is 0. The Morgan fingerprint density at radius 3 is 3.11 bits per heavy atom. The van der Waals surface area contributed by atoms with Gasteiger partial charge < -0.3 is 10.2 Å². The smallest absolute Gasteiger partial charge is 0.142 e. The molecule has 0 spiro atoms. The highest BCUT2D eigenvalue weighted by molar-refractivity contribution is 5.56. The van der Waals surface area contributed by atoms with Gasteiger partial charge in [-0.25, -0.2) is 9.37 Å². The first-order chi connectivity index (χ1) is 8.70. The first-order valence-electron chi connectivity index (χ1n) is 6.83. The summed E-state index contributed by atoms with van der Waals surface area (Å²) in [5, 5.41) is 3.45. The normalized spacial score (nSPS) is 27.8. The molecule has 1 N–H and O–H groups in total. The minimum atomic E-state index is -0.937. The zero-order valence-electron chi connectivity index (χ0n) is 11.0. The van der Waals surface area contributed by atoms with Crippen LogP contribution in [0.3, 0.4) is 0 Å². The second kappa shape index (κ2) is 4.50. The number of halogens is 1. The highest BCUT2D eigenvalue weighted by Crippen LogP contribution is 2.35. The van der Waals surface area contributed by atoms with Gasteiger partial charge in [0.1, 0.15) is 12.0 Å². The van der Waals surface area contributed by atoms with Gasteiger partial charge in [-0.2, -0.15) is 0 Å². The Morgan fingerprint density at radius 2 is 2.33 bits per heavy atom. The lowest BCUT2D eigenvalue weighted by molar-refractivity contribution is 0.326. The quantitative estimate of drug-likeness (QED) is 0.871. The van der Waals surface area contributed by atoms with Crippen molar-refractivity contribution in [1.29, 1.82) is 0 Å². The number of hydrogen-bond acceptors (Lipinski definition) is 3. The van der Waals surface area contributed by atoms with E-state index in [1.54, 1.807) is 0 Å². The van der Waals surface area contributed by atoms with E-state index < -0.39 is 6.17 Å². The molecule has 0 unspecified atom stereocenters. The molecule has 4 heteroatoms. The topological polar surface area (TPSA) is 28.2 Å². The number of aromatic nitrogens is 1. The Labute approximate surface area is 107 Å². The van der Waals surface area contributed by atoms with Crippen molar-refractivity contribution < 1.29 is 4.39 Å². The molecule has 3 rings (SSSR count). The Hall–Kier alpha value is -1.16. The van der Waals surface area contributed by atoms with E-state index in [0.717, 1.165) is 25.3 Å². The van der Waals surface area contributed by atoms with Crippen LogP contribution in [0.25, 0.3) is 0 Å². The zero-order valence-corrected chi connectivity index (χ0v) is 11.0. The van der Waals surface area contributed by atoms with Crippen molar-refractivity contribution in [3.05, 3.63) is 23.4 Å². The maximum absolute atomic E-state index is 13.8. The van der Waals surface area contributed by atoms with E-state index in [1.165, 1.54) is 5.56 Å². The molecule has 0 radical (unpaired) electrons. The number of nitrogens with one attached hydrogen (secondary N) is 1. The molecule has 2 aliphatic heterocycles. The molecular formula is C14H20FN3. The lowest BCUT2D eigenvalue weighted by Gasteiger charge is -2.37. The molecule has 3 atom stereocenters. The van der Waals surface area contributed by atoms with Gasteiger partial charge in [0.25, 0.3) is 0 Å². The molecule has 1 aromatic rings. The van der Waals surface area contributed by atoms with Crippen LogP contribution >= 0.6 is 0 Å². The summed E-state index contributed by atoms with van der Waals surface area (Å²) < 4.78 is 13.8. The fraction of sp³-hybridized carbons (Fsp3) is 0.643. The van der Waals surface area contributed by atoms with E-state index in [0.29, 0.717) is 24.2 Å². The van der Waals surface area contributed by atoms with Crippen LogP contribution < -0.4 is 10.2 Å². The lowest BCUT2D eigenvalue weighted by Crippen LogP contribution is -2.55. The molecule has 3 heterocycles. The van der Waals surface area contributed by atoms with Crippen molar-refractivity contribution >= 4 is 5.82 Å². The molecule has 1 fully saturated rings. The first kappa shape index (κ1) is 11.9. The standard InChI is InChI=1S/C14H20FN3/c1-3-12(15)13-5-4-10-6-11-8-16-7-9(2)18(11)14(10)17-13/h4-5,9,11-12,16H,3,6-8H2,1-2H3/t9-,11-,12-/m1/s1. The third-order valence-corrected chi connectivity index (χ3v) is 4.04. The Bertz CT molecular complexity index is 449. The van der Waals surface area contributed by atoms with Crippen LogP contribution in [0, 0.1) is 0 Å². The Balaban J connectivity index is 1.96. The van der Waals surface area contributed by atoms with Crippen molar-refractivity contribution in [2.75, 3.05) is 18.0 Å². The zero-order chi connectivity index (χ0) is 12.7. The molecule has 1 saturated heterocycles. The summed E-state index contributed by atoms with van der Waals surface area (Å²) in [7, 11) is 0. The number of pyridine rings is 1. The van der Waals surface area contributed by atoms with E-state index in [2.05, 4.69) is 28.2 Å². The van der Waals surface area contributed by atoms with Crippen LogP contribution in [-0.4, -0.2) is 30.2 Å². The van der Waals surface area contributed by atoms with Crippen LogP contribution in [-0.2, 0) is 6.42 Å². The van der Waals surface area contributed by atoms with Gasteiger partial charge in [0.05, 0.1) is 5.69 Å². The van der Waals surface area contributed by atoms with Crippen LogP contribution in [0.1, 0.15) is 37.7 Å². The molecule has 1 aromatic heterocycles. The number of hydrogen-bond donors (Lipinski definition) is 1. The van der Waals surface area contributed by atoms with Gasteiger partial charge in [0, 0.05) is 25.2 Å². The summed E-state index contributed by atoms with van der Waals surface area (Å²) in [6, 6.07) is 4.84. The number of alkyl halides is 1. The van der Waals surface area contributed by atoms with Crippen LogP contribution in [0.15, 0.2) is 12.1 Å². The average molecular weight is 249 g/mol. The number of nitrogens with zero attached hydrogens (tertiary/aromatic N) is 2. The van der Waals surface area contributed by atoms with Crippen molar-refractivity contribution in [1.82, 2.24) is 10.3 Å². The first-order valence-corrected chi connectivity index (χ1v) is 6.83. The van der Waals surface area contributed by atoms with E-state index in [-0.39, 0.29) is 0 Å². The molecule has 98 valence electrons. The molecule has 3 nitrogen and oxygen atoms in total. The van der Waals surface area contributed by atoms with Gasteiger partial charge in [-0.3, -0.25) is 0 Å². The molecule has 0 saturated carbocycles. The van der Waals surface area contributed by atoms with E-state index in [1.807, 2.05) is 13.0 Å². The fourth-order valence-electron chi connectivity index (χ4n) is 3.08. The van der Waals surface area contributed by atoms with Crippen LogP contribution in [0.4, 0.5) is 10.2 Å².